The van der Waals surface area contributed by atoms with Crippen LogP contribution in [0.3, 0.4) is 0 Å². The second-order valence-corrected chi connectivity index (χ2v) is 6.61. The monoisotopic (exact) mass is 395 g/mol. The van der Waals surface area contributed by atoms with Crippen molar-refractivity contribution in [3.8, 4) is 5.75 Å². The van der Waals surface area contributed by atoms with E-state index < -0.39 is 24.1 Å². The maximum atomic E-state index is 12.1. The summed E-state index contributed by atoms with van der Waals surface area (Å²) in [6, 6.07) is 12.0. The third-order valence-corrected chi connectivity index (χ3v) is 4.04. The van der Waals surface area contributed by atoms with Crippen molar-refractivity contribution in [1.29, 1.82) is 0 Å². The van der Waals surface area contributed by atoms with Crippen molar-refractivity contribution in [3.05, 3.63) is 58.1 Å². The molecule has 0 radical (unpaired) electrons. The van der Waals surface area contributed by atoms with Crippen LogP contribution < -0.4 is 10.1 Å². The first-order chi connectivity index (χ1) is 12.3. The lowest BCUT2D eigenvalue weighted by Crippen LogP contribution is -2.35. The number of ether oxygens (including phenoxy) is 2. The van der Waals surface area contributed by atoms with Crippen LogP contribution in [0.15, 0.2) is 42.5 Å². The number of carbonyl (C=O) groups excluding carboxylic acids is 2. The van der Waals surface area contributed by atoms with Gasteiger partial charge in [-0.25, -0.2) is 4.79 Å². The van der Waals surface area contributed by atoms with Crippen molar-refractivity contribution in [3.63, 3.8) is 0 Å². The molecule has 138 valence electrons. The average molecular weight is 396 g/mol. The third-order valence-electron chi connectivity index (χ3n) is 3.51. The topological polar surface area (TPSA) is 64.6 Å². The molecule has 0 unspecified atom stereocenters. The highest BCUT2D eigenvalue weighted by Crippen LogP contribution is 2.28. The van der Waals surface area contributed by atoms with E-state index in [0.29, 0.717) is 16.5 Å². The maximum Gasteiger partial charge on any atom is 0.347 e. The Kier molecular flexibility index (Phi) is 6.89. The van der Waals surface area contributed by atoms with Crippen molar-refractivity contribution in [2.45, 2.75) is 33.0 Å². The number of rotatable bonds is 6. The zero-order valence-corrected chi connectivity index (χ0v) is 16.1. The fourth-order valence-electron chi connectivity index (χ4n) is 2.01. The molecule has 0 aliphatic rings. The summed E-state index contributed by atoms with van der Waals surface area (Å²) in [5.41, 5.74) is 1.70. The van der Waals surface area contributed by atoms with Gasteiger partial charge in [-0.3, -0.25) is 4.79 Å². The summed E-state index contributed by atoms with van der Waals surface area (Å²) in [7, 11) is 0. The molecule has 7 heteroatoms. The van der Waals surface area contributed by atoms with E-state index in [1.54, 1.807) is 24.3 Å². The minimum absolute atomic E-state index is 0.280. The lowest BCUT2D eigenvalue weighted by atomic mass is 10.2. The Labute approximate surface area is 162 Å². The number of nitrogens with one attached hydrogen (secondary N) is 1. The molecule has 0 saturated carbocycles. The van der Waals surface area contributed by atoms with Gasteiger partial charge in [-0.15, -0.1) is 0 Å². The Bertz CT molecular complexity index is 793. The van der Waals surface area contributed by atoms with E-state index in [-0.39, 0.29) is 5.02 Å². The van der Waals surface area contributed by atoms with Crippen molar-refractivity contribution >= 4 is 40.8 Å². The predicted molar refractivity (Wildman–Crippen MR) is 102 cm³/mol. The van der Waals surface area contributed by atoms with Crippen LogP contribution in [0.4, 0.5) is 5.69 Å². The fourth-order valence-corrected chi connectivity index (χ4v) is 2.47. The number of benzene rings is 2. The number of hydrogen-bond donors (Lipinski definition) is 1. The van der Waals surface area contributed by atoms with Gasteiger partial charge < -0.3 is 14.8 Å². The molecule has 1 N–H and O–H groups in total. The van der Waals surface area contributed by atoms with Crippen LogP contribution in [-0.2, 0) is 14.3 Å². The summed E-state index contributed by atoms with van der Waals surface area (Å²) in [5, 5.41) is 3.42. The van der Waals surface area contributed by atoms with Gasteiger partial charge in [-0.1, -0.05) is 40.9 Å². The summed E-state index contributed by atoms with van der Waals surface area (Å²) < 4.78 is 10.6. The highest BCUT2D eigenvalue weighted by Gasteiger charge is 2.24. The van der Waals surface area contributed by atoms with Crippen LogP contribution in [0.25, 0.3) is 0 Å². The molecular formula is C19H19Cl2NO4. The van der Waals surface area contributed by atoms with Crippen molar-refractivity contribution in [2.24, 2.45) is 0 Å². The highest BCUT2D eigenvalue weighted by atomic mass is 35.5. The zero-order valence-electron chi connectivity index (χ0n) is 14.6. The van der Waals surface area contributed by atoms with E-state index in [4.69, 9.17) is 32.7 Å². The zero-order chi connectivity index (χ0) is 19.3. The van der Waals surface area contributed by atoms with Gasteiger partial charge in [0.25, 0.3) is 5.91 Å². The van der Waals surface area contributed by atoms with Crippen molar-refractivity contribution < 1.29 is 19.1 Å². The lowest BCUT2D eigenvalue weighted by molar-refractivity contribution is -0.159. The Morgan fingerprint density at radius 2 is 1.65 bits per heavy atom. The molecule has 26 heavy (non-hydrogen) atoms. The molecule has 2 atom stereocenters. The smallest absolute Gasteiger partial charge is 0.347 e. The van der Waals surface area contributed by atoms with Crippen LogP contribution in [0.5, 0.6) is 5.75 Å². The van der Waals surface area contributed by atoms with E-state index in [1.807, 2.05) is 19.1 Å². The molecule has 2 aromatic carbocycles. The van der Waals surface area contributed by atoms with Crippen LogP contribution in [0.1, 0.15) is 19.4 Å². The summed E-state index contributed by atoms with van der Waals surface area (Å²) in [6.07, 6.45) is -1.92. The fraction of sp³-hybridized carbons (Fsp3) is 0.263. The molecule has 0 saturated heterocycles. The van der Waals surface area contributed by atoms with Crippen LogP contribution >= 0.6 is 23.2 Å². The number of carbonyl (C=O) groups is 2. The minimum Gasteiger partial charge on any atom is -0.477 e. The SMILES string of the molecule is Cc1ccc(NC(=O)[C@@H](C)OC(=O)[C@H](C)Oc2ccc(Cl)cc2Cl)cc1. The molecule has 0 aliphatic carbocycles. The third kappa shape index (κ3) is 5.64. The molecule has 2 rings (SSSR count). The summed E-state index contributed by atoms with van der Waals surface area (Å²) in [4.78, 5) is 24.3. The average Bonchev–Trinajstić information content (AvgIpc) is 2.59. The standard InChI is InChI=1S/C19H19Cl2NO4/c1-11-4-7-15(8-5-11)22-18(23)12(2)26-19(24)13(3)25-17-9-6-14(20)10-16(17)21/h4-10,12-13H,1-3H3,(H,22,23)/t12-,13+/m1/s1. The Balaban J connectivity index is 1.90. The van der Waals surface area contributed by atoms with Crippen molar-refractivity contribution in [2.75, 3.05) is 5.32 Å². The molecule has 0 spiro atoms. The van der Waals surface area contributed by atoms with E-state index in [9.17, 15) is 9.59 Å². The molecule has 5 nitrogen and oxygen atoms in total. The number of amides is 1. The largest absolute Gasteiger partial charge is 0.477 e. The maximum absolute atomic E-state index is 12.1. The van der Waals surface area contributed by atoms with Gasteiger partial charge in [-0.05, 0) is 51.1 Å². The van der Waals surface area contributed by atoms with Crippen molar-refractivity contribution in [1.82, 2.24) is 0 Å². The Morgan fingerprint density at radius 3 is 2.27 bits per heavy atom. The molecular weight excluding hydrogens is 377 g/mol. The predicted octanol–water partition coefficient (Wildman–Crippen LogP) is 4.64. The van der Waals surface area contributed by atoms with E-state index in [1.165, 1.54) is 19.9 Å². The normalized spacial score (nSPS) is 12.8. The first-order valence-corrected chi connectivity index (χ1v) is 8.71. The van der Waals surface area contributed by atoms with Gasteiger partial charge in [0, 0.05) is 10.7 Å². The van der Waals surface area contributed by atoms with Gasteiger partial charge in [0.2, 0.25) is 0 Å². The van der Waals surface area contributed by atoms with Gasteiger partial charge in [0.1, 0.15) is 5.75 Å². The van der Waals surface area contributed by atoms with E-state index in [2.05, 4.69) is 5.32 Å². The molecule has 0 bridgehead atoms. The number of aryl methyl sites for hydroxylation is 1. The first kappa shape index (κ1) is 20.1. The van der Waals surface area contributed by atoms with Crippen LogP contribution in [-0.4, -0.2) is 24.1 Å². The molecule has 1 amide bonds. The lowest BCUT2D eigenvalue weighted by Gasteiger charge is -2.18. The minimum atomic E-state index is -0.976. The van der Waals surface area contributed by atoms with Gasteiger partial charge in [0.05, 0.1) is 5.02 Å². The van der Waals surface area contributed by atoms with Crippen LogP contribution in [0.2, 0.25) is 10.0 Å². The van der Waals surface area contributed by atoms with E-state index >= 15 is 0 Å². The van der Waals surface area contributed by atoms with E-state index in [0.717, 1.165) is 5.56 Å². The molecule has 0 aliphatic heterocycles. The highest BCUT2D eigenvalue weighted by molar-refractivity contribution is 6.35. The molecule has 0 heterocycles. The first-order valence-electron chi connectivity index (χ1n) is 7.96. The quantitative estimate of drug-likeness (QED) is 0.723. The van der Waals surface area contributed by atoms with Gasteiger partial charge in [-0.2, -0.15) is 0 Å². The number of anilines is 1. The van der Waals surface area contributed by atoms with Crippen LogP contribution in [0, 0.1) is 6.92 Å². The molecule has 0 aromatic heterocycles. The van der Waals surface area contributed by atoms with Gasteiger partial charge in [0.15, 0.2) is 12.2 Å². The summed E-state index contributed by atoms with van der Waals surface area (Å²) in [6.45, 7) is 4.95. The van der Waals surface area contributed by atoms with Gasteiger partial charge >= 0.3 is 5.97 Å². The number of halogens is 2. The Morgan fingerprint density at radius 1 is 1.00 bits per heavy atom. The number of hydrogen-bond acceptors (Lipinski definition) is 4. The summed E-state index contributed by atoms with van der Waals surface area (Å²) in [5.74, 6) is -0.807. The summed E-state index contributed by atoms with van der Waals surface area (Å²) >= 11 is 11.8. The Hall–Kier alpha value is -2.24. The second kappa shape index (κ2) is 8.92. The molecule has 0 fully saturated rings. The molecule has 2 aromatic rings. The number of esters is 1. The second-order valence-electron chi connectivity index (χ2n) is 5.77.